The molecule has 6 atom stereocenters. The van der Waals surface area contributed by atoms with Crippen LogP contribution < -0.4 is 0 Å². The van der Waals surface area contributed by atoms with Gasteiger partial charge in [-0.1, -0.05) is 67.7 Å². The topological polar surface area (TPSA) is 0 Å². The van der Waals surface area contributed by atoms with Gasteiger partial charge in [-0.3, -0.25) is 0 Å². The van der Waals surface area contributed by atoms with E-state index in [0.29, 0.717) is 0 Å². The summed E-state index contributed by atoms with van der Waals surface area (Å²) >= 11 is 0. The Labute approximate surface area is 148 Å². The second-order valence-corrected chi connectivity index (χ2v) is 9.47. The Kier molecular flexibility index (Phi) is 9.86. The average molecular weight is 323 g/mol. The molecule has 1 aliphatic rings. The highest BCUT2D eigenvalue weighted by Crippen LogP contribution is 2.40. The molecule has 1 aliphatic carbocycles. The lowest BCUT2D eigenvalue weighted by Gasteiger charge is -2.28. The highest BCUT2D eigenvalue weighted by Gasteiger charge is 2.29. The van der Waals surface area contributed by atoms with Crippen molar-refractivity contribution >= 4 is 0 Å². The summed E-state index contributed by atoms with van der Waals surface area (Å²) in [7, 11) is 0. The molecule has 0 aromatic heterocycles. The van der Waals surface area contributed by atoms with Crippen LogP contribution in [-0.4, -0.2) is 0 Å². The molecule has 0 heterocycles. The first-order valence-electron chi connectivity index (χ1n) is 10.9. The van der Waals surface area contributed by atoms with Gasteiger partial charge in [-0.2, -0.15) is 0 Å². The highest BCUT2D eigenvalue weighted by molar-refractivity contribution is 4.80. The molecule has 1 rings (SSSR count). The van der Waals surface area contributed by atoms with Crippen molar-refractivity contribution in [1.29, 1.82) is 0 Å². The molecule has 1 fully saturated rings. The monoisotopic (exact) mass is 322 g/mol. The van der Waals surface area contributed by atoms with E-state index >= 15 is 0 Å². The fourth-order valence-electron chi connectivity index (χ4n) is 4.78. The molecule has 0 spiro atoms. The fraction of sp³-hybridized carbons (Fsp3) is 1.00. The van der Waals surface area contributed by atoms with Crippen LogP contribution in [0.3, 0.4) is 0 Å². The Balaban J connectivity index is 2.28. The number of rotatable bonds is 13. The molecule has 0 saturated heterocycles. The molecule has 0 aromatic rings. The van der Waals surface area contributed by atoms with Crippen LogP contribution in [0.2, 0.25) is 0 Å². The van der Waals surface area contributed by atoms with E-state index in [0.717, 1.165) is 41.4 Å². The van der Waals surface area contributed by atoms with E-state index in [4.69, 9.17) is 0 Å². The third-order valence-corrected chi connectivity index (χ3v) is 6.84. The van der Waals surface area contributed by atoms with Gasteiger partial charge in [0.25, 0.3) is 0 Å². The summed E-state index contributed by atoms with van der Waals surface area (Å²) in [6.45, 7) is 17.2. The Hall–Kier alpha value is 0. The van der Waals surface area contributed by atoms with E-state index in [2.05, 4.69) is 48.5 Å². The van der Waals surface area contributed by atoms with Gasteiger partial charge >= 0.3 is 0 Å². The zero-order valence-electron chi connectivity index (χ0n) is 17.4. The van der Waals surface area contributed by atoms with E-state index in [1.807, 2.05) is 0 Å². The van der Waals surface area contributed by atoms with Crippen molar-refractivity contribution in [3.63, 3.8) is 0 Å². The summed E-state index contributed by atoms with van der Waals surface area (Å²) in [5.74, 6) is 6.67. The molecule has 0 aliphatic heterocycles. The molecule has 0 N–H and O–H groups in total. The van der Waals surface area contributed by atoms with Gasteiger partial charge < -0.3 is 0 Å². The van der Waals surface area contributed by atoms with Gasteiger partial charge in [0.2, 0.25) is 0 Å². The molecule has 1 saturated carbocycles. The van der Waals surface area contributed by atoms with E-state index in [1.54, 1.807) is 0 Å². The summed E-state index contributed by atoms with van der Waals surface area (Å²) in [5.41, 5.74) is 0. The second-order valence-electron chi connectivity index (χ2n) is 9.47. The van der Waals surface area contributed by atoms with Crippen molar-refractivity contribution in [2.75, 3.05) is 0 Å². The Morgan fingerprint density at radius 1 is 0.696 bits per heavy atom. The lowest BCUT2D eigenvalue weighted by atomic mass is 9.78. The first-order valence-corrected chi connectivity index (χ1v) is 10.9. The predicted octanol–water partition coefficient (Wildman–Crippen LogP) is 7.96. The Bertz CT molecular complexity index is 290. The summed E-state index contributed by atoms with van der Waals surface area (Å²) in [5, 5.41) is 0. The standard InChI is InChI=1S/C23H46/c1-8-17(3)14-18(4)10-11-22(9-2)20(6)15-19(5)16-21(7)23-12-13-23/h17-23H,8-16H2,1-7H3. The van der Waals surface area contributed by atoms with Crippen molar-refractivity contribution in [1.82, 2.24) is 0 Å². The summed E-state index contributed by atoms with van der Waals surface area (Å²) < 4.78 is 0. The van der Waals surface area contributed by atoms with Crippen molar-refractivity contribution in [2.45, 2.75) is 106 Å². The van der Waals surface area contributed by atoms with Crippen LogP contribution in [0.1, 0.15) is 106 Å². The molecule has 0 heteroatoms. The normalized spacial score (nSPS) is 23.1. The van der Waals surface area contributed by atoms with Crippen LogP contribution >= 0.6 is 0 Å². The second kappa shape index (κ2) is 10.8. The SMILES string of the molecule is CCC(C)CC(C)CCC(CC)C(C)CC(C)CC(C)C1CC1. The van der Waals surface area contributed by atoms with E-state index in [-0.39, 0.29) is 0 Å². The van der Waals surface area contributed by atoms with Gasteiger partial charge in [-0.15, -0.1) is 0 Å². The largest absolute Gasteiger partial charge is 0.0651 e. The lowest BCUT2D eigenvalue weighted by molar-refractivity contribution is 0.232. The first-order chi connectivity index (χ1) is 10.9. The molecular weight excluding hydrogens is 276 g/mol. The average Bonchev–Trinajstić information content (AvgIpc) is 3.31. The summed E-state index contributed by atoms with van der Waals surface area (Å²) in [4.78, 5) is 0. The van der Waals surface area contributed by atoms with Crippen molar-refractivity contribution < 1.29 is 0 Å². The van der Waals surface area contributed by atoms with E-state index in [1.165, 1.54) is 57.8 Å². The van der Waals surface area contributed by atoms with Crippen LogP contribution in [0.5, 0.6) is 0 Å². The molecular formula is C23H46. The van der Waals surface area contributed by atoms with Gasteiger partial charge in [0, 0.05) is 0 Å². The molecule has 0 bridgehead atoms. The van der Waals surface area contributed by atoms with Crippen molar-refractivity contribution in [3.05, 3.63) is 0 Å². The summed E-state index contributed by atoms with van der Waals surface area (Å²) in [6, 6.07) is 0. The van der Waals surface area contributed by atoms with Crippen LogP contribution in [0, 0.1) is 41.4 Å². The van der Waals surface area contributed by atoms with E-state index < -0.39 is 0 Å². The molecule has 0 amide bonds. The molecule has 138 valence electrons. The van der Waals surface area contributed by atoms with Gasteiger partial charge in [-0.25, -0.2) is 0 Å². The van der Waals surface area contributed by atoms with Gasteiger partial charge in [-0.05, 0) is 80.0 Å². The minimum absolute atomic E-state index is 0.909. The van der Waals surface area contributed by atoms with Crippen LogP contribution in [-0.2, 0) is 0 Å². The molecule has 0 aromatic carbocycles. The zero-order chi connectivity index (χ0) is 17.4. The minimum Gasteiger partial charge on any atom is -0.0651 e. The molecule has 0 nitrogen and oxygen atoms in total. The smallest absolute Gasteiger partial charge is 0.0388 e. The third-order valence-electron chi connectivity index (χ3n) is 6.84. The lowest BCUT2D eigenvalue weighted by Crippen LogP contribution is -2.17. The maximum Gasteiger partial charge on any atom is -0.0388 e. The fourth-order valence-corrected chi connectivity index (χ4v) is 4.78. The van der Waals surface area contributed by atoms with Crippen LogP contribution in [0.4, 0.5) is 0 Å². The number of hydrogen-bond acceptors (Lipinski definition) is 0. The zero-order valence-corrected chi connectivity index (χ0v) is 17.4. The van der Waals surface area contributed by atoms with Crippen LogP contribution in [0.25, 0.3) is 0 Å². The van der Waals surface area contributed by atoms with Crippen molar-refractivity contribution in [2.24, 2.45) is 41.4 Å². The van der Waals surface area contributed by atoms with Gasteiger partial charge in [0.05, 0.1) is 0 Å². The third kappa shape index (κ3) is 8.59. The minimum atomic E-state index is 0.909. The predicted molar refractivity (Wildman–Crippen MR) is 106 cm³/mol. The first kappa shape index (κ1) is 21.0. The molecule has 23 heavy (non-hydrogen) atoms. The maximum atomic E-state index is 2.53. The van der Waals surface area contributed by atoms with Crippen molar-refractivity contribution in [3.8, 4) is 0 Å². The quantitative estimate of drug-likeness (QED) is 0.322. The molecule has 0 radical (unpaired) electrons. The highest BCUT2D eigenvalue weighted by atomic mass is 14.3. The Morgan fingerprint density at radius 3 is 1.87 bits per heavy atom. The van der Waals surface area contributed by atoms with Gasteiger partial charge in [0.15, 0.2) is 0 Å². The van der Waals surface area contributed by atoms with E-state index in [9.17, 15) is 0 Å². The Morgan fingerprint density at radius 2 is 1.35 bits per heavy atom. The maximum absolute atomic E-state index is 2.53. The molecule has 6 unspecified atom stereocenters. The van der Waals surface area contributed by atoms with Gasteiger partial charge in [0.1, 0.15) is 0 Å². The van der Waals surface area contributed by atoms with Crippen LogP contribution in [0.15, 0.2) is 0 Å². The number of hydrogen-bond donors (Lipinski definition) is 0. The summed E-state index contributed by atoms with van der Waals surface area (Å²) in [6.07, 6.45) is 13.0.